The number of benzene rings is 2. The molecule has 0 atom stereocenters. The smallest absolute Gasteiger partial charge is 0.0355 e. The maximum Gasteiger partial charge on any atom is 0.0355 e. The lowest BCUT2D eigenvalue weighted by Gasteiger charge is -2.01. The Morgan fingerprint density at radius 2 is 1.83 bits per heavy atom. The number of allylic oxidation sites excluding steroid dienone is 3. The molecule has 3 aromatic rings. The summed E-state index contributed by atoms with van der Waals surface area (Å²) in [6.07, 6.45) is 3.89. The van der Waals surface area contributed by atoms with E-state index < -0.39 is 0 Å². The minimum absolute atomic E-state index is 1.25. The average Bonchev–Trinajstić information content (AvgIpc) is 2.76. The monoisotopic (exact) mass is 250 g/mol. The zero-order chi connectivity index (χ0) is 12.5. The van der Waals surface area contributed by atoms with Crippen LogP contribution in [0.1, 0.15) is 12.5 Å². The molecule has 1 aromatic heterocycles. The number of hydrogen-bond acceptors (Lipinski definition) is 1. The van der Waals surface area contributed by atoms with Gasteiger partial charge in [-0.05, 0) is 36.3 Å². The highest BCUT2D eigenvalue weighted by Crippen LogP contribution is 2.35. The van der Waals surface area contributed by atoms with Gasteiger partial charge in [0.15, 0.2) is 0 Å². The predicted octanol–water partition coefficient (Wildman–Crippen LogP) is 5.64. The number of hydrogen-bond donors (Lipinski definition) is 0. The first-order valence-corrected chi connectivity index (χ1v) is 6.82. The molecule has 0 aliphatic heterocycles. The fourth-order valence-electron chi connectivity index (χ4n) is 2.24. The Balaban J connectivity index is 2.31. The Labute approximate surface area is 111 Å². The van der Waals surface area contributed by atoms with Gasteiger partial charge in [-0.2, -0.15) is 0 Å². The highest BCUT2D eigenvalue weighted by molar-refractivity contribution is 7.25. The lowest BCUT2D eigenvalue weighted by atomic mass is 10.0. The number of rotatable bonds is 2. The van der Waals surface area contributed by atoms with E-state index in [2.05, 4.69) is 62.0 Å². The van der Waals surface area contributed by atoms with Gasteiger partial charge in [-0.15, -0.1) is 11.3 Å². The SMILES string of the molecule is C=CC=C(C)c1ccc2sc3ccccc3c2c1. The normalized spacial score (nSPS) is 12.2. The molecule has 0 radical (unpaired) electrons. The van der Waals surface area contributed by atoms with Gasteiger partial charge in [-0.1, -0.05) is 43.0 Å². The summed E-state index contributed by atoms with van der Waals surface area (Å²) in [5, 5.41) is 2.70. The van der Waals surface area contributed by atoms with E-state index in [0.717, 1.165) is 0 Å². The van der Waals surface area contributed by atoms with Crippen LogP contribution >= 0.6 is 11.3 Å². The highest BCUT2D eigenvalue weighted by atomic mass is 32.1. The zero-order valence-electron chi connectivity index (χ0n) is 10.3. The Hall–Kier alpha value is -1.86. The Kier molecular flexibility index (Phi) is 2.77. The lowest BCUT2D eigenvalue weighted by Crippen LogP contribution is -1.78. The lowest BCUT2D eigenvalue weighted by molar-refractivity contribution is 1.62. The highest BCUT2D eigenvalue weighted by Gasteiger charge is 2.05. The molecular formula is C17H14S. The van der Waals surface area contributed by atoms with Crippen molar-refractivity contribution < 1.29 is 0 Å². The third kappa shape index (κ3) is 1.77. The van der Waals surface area contributed by atoms with Crippen LogP contribution in [0.2, 0.25) is 0 Å². The maximum atomic E-state index is 3.75. The van der Waals surface area contributed by atoms with Crippen molar-refractivity contribution in [2.75, 3.05) is 0 Å². The summed E-state index contributed by atoms with van der Waals surface area (Å²) in [5.74, 6) is 0. The molecule has 0 N–H and O–H groups in total. The molecule has 0 fully saturated rings. The van der Waals surface area contributed by atoms with Crippen molar-refractivity contribution in [1.29, 1.82) is 0 Å². The van der Waals surface area contributed by atoms with Crippen LogP contribution in [-0.2, 0) is 0 Å². The first-order chi connectivity index (χ1) is 8.79. The van der Waals surface area contributed by atoms with Gasteiger partial charge in [0.1, 0.15) is 0 Å². The van der Waals surface area contributed by atoms with Crippen LogP contribution in [0.5, 0.6) is 0 Å². The summed E-state index contributed by atoms with van der Waals surface area (Å²) < 4.78 is 2.71. The van der Waals surface area contributed by atoms with Crippen LogP contribution in [0.3, 0.4) is 0 Å². The van der Waals surface area contributed by atoms with E-state index in [9.17, 15) is 0 Å². The summed E-state index contributed by atoms with van der Waals surface area (Å²) >= 11 is 1.86. The topological polar surface area (TPSA) is 0 Å². The summed E-state index contributed by atoms with van der Waals surface area (Å²) in [7, 11) is 0. The van der Waals surface area contributed by atoms with Crippen molar-refractivity contribution >= 4 is 37.1 Å². The second-order valence-corrected chi connectivity index (χ2v) is 5.48. The fourth-order valence-corrected chi connectivity index (χ4v) is 3.33. The van der Waals surface area contributed by atoms with Crippen LogP contribution < -0.4 is 0 Å². The Bertz CT molecular complexity index is 759. The zero-order valence-corrected chi connectivity index (χ0v) is 11.1. The van der Waals surface area contributed by atoms with Gasteiger partial charge in [-0.3, -0.25) is 0 Å². The Morgan fingerprint density at radius 3 is 2.67 bits per heavy atom. The fraction of sp³-hybridized carbons (Fsp3) is 0.0588. The largest absolute Gasteiger partial charge is 0.135 e. The minimum atomic E-state index is 1.25. The van der Waals surface area contributed by atoms with Gasteiger partial charge in [0.2, 0.25) is 0 Å². The quantitative estimate of drug-likeness (QED) is 0.516. The predicted molar refractivity (Wildman–Crippen MR) is 83.2 cm³/mol. The van der Waals surface area contributed by atoms with E-state index in [1.807, 2.05) is 17.4 Å². The molecule has 2 aromatic carbocycles. The van der Waals surface area contributed by atoms with Crippen LogP contribution in [0, 0.1) is 0 Å². The van der Waals surface area contributed by atoms with Crippen LogP contribution in [0.15, 0.2) is 61.2 Å². The molecule has 1 heteroatoms. The molecule has 0 nitrogen and oxygen atoms in total. The van der Waals surface area contributed by atoms with Gasteiger partial charge in [-0.25, -0.2) is 0 Å². The molecule has 88 valence electrons. The van der Waals surface area contributed by atoms with Crippen molar-refractivity contribution in [3.8, 4) is 0 Å². The molecule has 0 aliphatic carbocycles. The molecule has 3 rings (SSSR count). The van der Waals surface area contributed by atoms with Crippen molar-refractivity contribution in [1.82, 2.24) is 0 Å². The molecule has 0 saturated heterocycles. The summed E-state index contributed by atoms with van der Waals surface area (Å²) in [5.41, 5.74) is 2.52. The van der Waals surface area contributed by atoms with Crippen LogP contribution in [0.4, 0.5) is 0 Å². The van der Waals surface area contributed by atoms with Crippen molar-refractivity contribution in [2.45, 2.75) is 6.92 Å². The van der Waals surface area contributed by atoms with Gasteiger partial charge >= 0.3 is 0 Å². The van der Waals surface area contributed by atoms with E-state index in [0.29, 0.717) is 0 Å². The molecule has 1 heterocycles. The Morgan fingerprint density at radius 1 is 1.06 bits per heavy atom. The molecule has 0 saturated carbocycles. The molecular weight excluding hydrogens is 236 g/mol. The molecule has 0 amide bonds. The van der Waals surface area contributed by atoms with Gasteiger partial charge in [0.25, 0.3) is 0 Å². The van der Waals surface area contributed by atoms with E-state index in [1.165, 1.54) is 31.3 Å². The molecule has 18 heavy (non-hydrogen) atoms. The summed E-state index contributed by atoms with van der Waals surface area (Å²) in [6, 6.07) is 15.3. The van der Waals surface area contributed by atoms with Crippen LogP contribution in [0.25, 0.3) is 25.7 Å². The minimum Gasteiger partial charge on any atom is -0.135 e. The van der Waals surface area contributed by atoms with Crippen molar-refractivity contribution in [3.05, 3.63) is 66.8 Å². The molecule has 0 bridgehead atoms. The second-order valence-electron chi connectivity index (χ2n) is 4.39. The van der Waals surface area contributed by atoms with Crippen molar-refractivity contribution in [3.63, 3.8) is 0 Å². The number of fused-ring (bicyclic) bond motifs is 3. The molecule has 0 spiro atoms. The van der Waals surface area contributed by atoms with Gasteiger partial charge in [0.05, 0.1) is 0 Å². The third-order valence-electron chi connectivity index (χ3n) is 3.20. The maximum absolute atomic E-state index is 3.75. The first-order valence-electron chi connectivity index (χ1n) is 6.00. The number of thiophene rings is 1. The molecule has 0 unspecified atom stereocenters. The average molecular weight is 250 g/mol. The molecule has 0 aliphatic rings. The van der Waals surface area contributed by atoms with E-state index >= 15 is 0 Å². The van der Waals surface area contributed by atoms with Crippen molar-refractivity contribution in [2.24, 2.45) is 0 Å². The third-order valence-corrected chi connectivity index (χ3v) is 4.35. The standard InChI is InChI=1S/C17H14S/c1-3-6-12(2)13-9-10-17-15(11-13)14-7-4-5-8-16(14)18-17/h3-11H,1H2,2H3. The summed E-state index contributed by atoms with van der Waals surface area (Å²) in [6.45, 7) is 5.88. The van der Waals surface area contributed by atoms with Gasteiger partial charge in [0, 0.05) is 20.2 Å². The van der Waals surface area contributed by atoms with E-state index in [-0.39, 0.29) is 0 Å². The van der Waals surface area contributed by atoms with E-state index in [4.69, 9.17) is 0 Å². The first kappa shape index (κ1) is 11.2. The van der Waals surface area contributed by atoms with Crippen LogP contribution in [-0.4, -0.2) is 0 Å². The summed E-state index contributed by atoms with van der Waals surface area (Å²) in [4.78, 5) is 0. The second kappa shape index (κ2) is 4.43. The van der Waals surface area contributed by atoms with E-state index in [1.54, 1.807) is 0 Å². The van der Waals surface area contributed by atoms with Gasteiger partial charge < -0.3 is 0 Å².